The van der Waals surface area contributed by atoms with Gasteiger partial charge in [0.05, 0.1) is 26.7 Å². The van der Waals surface area contributed by atoms with Gasteiger partial charge in [-0.1, -0.05) is 12.7 Å². The van der Waals surface area contributed by atoms with E-state index in [1.807, 2.05) is 20.2 Å². The second-order valence-corrected chi connectivity index (χ2v) is 2.88. The minimum Gasteiger partial charge on any atom is -1.00 e. The van der Waals surface area contributed by atoms with E-state index >= 15 is 0 Å². The highest BCUT2D eigenvalue weighted by atomic mass is 127. The summed E-state index contributed by atoms with van der Waals surface area (Å²) in [5, 5.41) is 6.20. The van der Waals surface area contributed by atoms with Crippen LogP contribution in [0, 0.1) is 0 Å². The molecule has 0 aliphatic rings. The van der Waals surface area contributed by atoms with E-state index in [1.165, 1.54) is 0 Å². The third-order valence-corrected chi connectivity index (χ3v) is 1.71. The molecule has 0 atom stereocenters. The fourth-order valence-electron chi connectivity index (χ4n) is 1.11. The Hall–Kier alpha value is -0.260. The topological polar surface area (TPSA) is 27.1 Å². The molecule has 0 aromatic carbocycles. The number of rotatable bonds is 3. The highest BCUT2D eigenvalue weighted by Crippen LogP contribution is 1.88. The number of hydrogen-bond acceptors (Lipinski definition) is 0. The summed E-state index contributed by atoms with van der Waals surface area (Å²) in [4.78, 5) is 0. The monoisotopic (exact) mass is 297 g/mol. The molecule has 0 amide bonds. The Kier molecular flexibility index (Phi) is 9.77. The molecular formula is C9H20IN3. The van der Waals surface area contributed by atoms with Gasteiger partial charge in [0.25, 0.3) is 0 Å². The molecule has 0 saturated heterocycles. The van der Waals surface area contributed by atoms with Gasteiger partial charge in [0.1, 0.15) is 0 Å². The van der Waals surface area contributed by atoms with Crippen LogP contribution in [0.3, 0.4) is 0 Å². The van der Waals surface area contributed by atoms with Crippen LogP contribution < -0.4 is 34.6 Å². The predicted octanol–water partition coefficient (Wildman–Crippen LogP) is -2.61. The molecule has 0 aromatic heterocycles. The first kappa shape index (κ1) is 15.2. The molecule has 0 aromatic rings. The van der Waals surface area contributed by atoms with Crippen molar-refractivity contribution >= 4 is 5.96 Å². The lowest BCUT2D eigenvalue weighted by Crippen LogP contribution is -3.00. The summed E-state index contributed by atoms with van der Waals surface area (Å²) in [6, 6.07) is 0.470. The SMILES string of the molecule is C=CC[N+](=C(NC)NC)C(C)C.[I-]. The number of halogens is 1. The quantitative estimate of drug-likeness (QED) is 0.196. The summed E-state index contributed by atoms with van der Waals surface area (Å²) in [6.45, 7) is 8.88. The van der Waals surface area contributed by atoms with Crippen LogP contribution in [0.15, 0.2) is 12.7 Å². The van der Waals surface area contributed by atoms with Crippen LogP contribution in [-0.4, -0.2) is 37.2 Å². The number of nitrogens with one attached hydrogen (secondary N) is 2. The third-order valence-electron chi connectivity index (χ3n) is 1.71. The van der Waals surface area contributed by atoms with Gasteiger partial charge in [0.15, 0.2) is 0 Å². The zero-order chi connectivity index (χ0) is 9.56. The van der Waals surface area contributed by atoms with Gasteiger partial charge in [-0.05, 0) is 13.8 Å². The van der Waals surface area contributed by atoms with Gasteiger partial charge >= 0.3 is 5.96 Å². The Morgan fingerprint density at radius 3 is 2.08 bits per heavy atom. The smallest absolute Gasteiger partial charge is 0.345 e. The molecule has 0 aliphatic carbocycles. The van der Waals surface area contributed by atoms with E-state index in [-0.39, 0.29) is 24.0 Å². The van der Waals surface area contributed by atoms with Gasteiger partial charge in [-0.3, -0.25) is 15.2 Å². The first-order chi connectivity index (χ1) is 5.67. The van der Waals surface area contributed by atoms with Gasteiger partial charge in [-0.15, -0.1) is 0 Å². The summed E-state index contributed by atoms with van der Waals surface area (Å²) in [5.41, 5.74) is 0. The Bertz CT molecular complexity index is 170. The van der Waals surface area contributed by atoms with Gasteiger partial charge < -0.3 is 24.0 Å². The molecular weight excluding hydrogens is 277 g/mol. The van der Waals surface area contributed by atoms with Crippen LogP contribution in [0.25, 0.3) is 0 Å². The van der Waals surface area contributed by atoms with E-state index in [1.54, 1.807) is 0 Å². The lowest BCUT2D eigenvalue weighted by Gasteiger charge is -2.13. The summed E-state index contributed by atoms with van der Waals surface area (Å²) in [6.07, 6.45) is 1.90. The minimum atomic E-state index is 0. The van der Waals surface area contributed by atoms with Crippen molar-refractivity contribution in [2.24, 2.45) is 0 Å². The van der Waals surface area contributed by atoms with Crippen molar-refractivity contribution in [3.05, 3.63) is 12.7 Å². The number of nitrogens with zero attached hydrogens (tertiary/aromatic N) is 1. The number of hydrogen-bond donors (Lipinski definition) is 2. The molecule has 0 saturated carbocycles. The maximum Gasteiger partial charge on any atom is 0.345 e. The molecule has 0 fully saturated rings. The van der Waals surface area contributed by atoms with Gasteiger partial charge in [-0.2, -0.15) is 0 Å². The van der Waals surface area contributed by atoms with Crippen LogP contribution in [-0.2, 0) is 0 Å². The zero-order valence-electron chi connectivity index (χ0n) is 8.89. The van der Waals surface area contributed by atoms with E-state index < -0.39 is 0 Å². The molecule has 0 bridgehead atoms. The fraction of sp³-hybridized carbons (Fsp3) is 0.667. The van der Waals surface area contributed by atoms with E-state index in [4.69, 9.17) is 0 Å². The molecule has 3 nitrogen and oxygen atoms in total. The van der Waals surface area contributed by atoms with Crippen molar-refractivity contribution in [1.29, 1.82) is 0 Å². The Labute approximate surface area is 98.3 Å². The second-order valence-electron chi connectivity index (χ2n) is 2.88. The van der Waals surface area contributed by atoms with E-state index in [2.05, 4.69) is 35.6 Å². The summed E-state index contributed by atoms with van der Waals surface area (Å²) in [7, 11) is 3.81. The van der Waals surface area contributed by atoms with Crippen molar-refractivity contribution in [3.8, 4) is 0 Å². The Morgan fingerprint density at radius 2 is 1.85 bits per heavy atom. The Balaban J connectivity index is 0. The molecule has 0 heterocycles. The highest BCUT2D eigenvalue weighted by Gasteiger charge is 2.09. The fourth-order valence-corrected chi connectivity index (χ4v) is 1.11. The van der Waals surface area contributed by atoms with E-state index in [9.17, 15) is 0 Å². The standard InChI is InChI=1S/C9H19N3.HI/c1-6-7-12(8(2)3)9(10-4)11-5;/h6,8H,1,7H2,2-5H3,(H,10,11);1H. The minimum absolute atomic E-state index is 0. The number of guanidine groups is 1. The van der Waals surface area contributed by atoms with E-state index in [0.717, 1.165) is 12.5 Å². The zero-order valence-corrected chi connectivity index (χ0v) is 11.1. The van der Waals surface area contributed by atoms with Gasteiger partial charge in [0, 0.05) is 0 Å². The first-order valence-electron chi connectivity index (χ1n) is 4.27. The second kappa shape index (κ2) is 8.34. The molecule has 2 N–H and O–H groups in total. The van der Waals surface area contributed by atoms with Crippen molar-refractivity contribution in [1.82, 2.24) is 10.6 Å². The lowest BCUT2D eigenvalue weighted by atomic mass is 10.3. The molecule has 0 spiro atoms. The van der Waals surface area contributed by atoms with Gasteiger partial charge in [-0.25, -0.2) is 0 Å². The largest absolute Gasteiger partial charge is 1.00 e. The van der Waals surface area contributed by atoms with E-state index in [0.29, 0.717) is 6.04 Å². The van der Waals surface area contributed by atoms with Crippen molar-refractivity contribution < 1.29 is 28.6 Å². The van der Waals surface area contributed by atoms with Crippen LogP contribution >= 0.6 is 0 Å². The predicted molar refractivity (Wildman–Crippen MR) is 53.6 cm³/mol. The Morgan fingerprint density at radius 1 is 1.38 bits per heavy atom. The molecule has 4 heteroatoms. The summed E-state index contributed by atoms with van der Waals surface area (Å²) >= 11 is 0. The van der Waals surface area contributed by atoms with Crippen molar-refractivity contribution in [3.63, 3.8) is 0 Å². The van der Waals surface area contributed by atoms with Crippen LogP contribution in [0.2, 0.25) is 0 Å². The molecule has 0 aliphatic heterocycles. The van der Waals surface area contributed by atoms with Crippen LogP contribution in [0.5, 0.6) is 0 Å². The summed E-state index contributed by atoms with van der Waals surface area (Å²) in [5.74, 6) is 1.03. The molecule has 13 heavy (non-hydrogen) atoms. The van der Waals surface area contributed by atoms with Crippen molar-refractivity contribution in [2.45, 2.75) is 19.9 Å². The lowest BCUT2D eigenvalue weighted by molar-refractivity contribution is -0.552. The third kappa shape index (κ3) is 5.13. The van der Waals surface area contributed by atoms with Crippen LogP contribution in [0.1, 0.15) is 13.8 Å². The molecule has 78 valence electrons. The van der Waals surface area contributed by atoms with Gasteiger partial charge in [0.2, 0.25) is 0 Å². The average molecular weight is 297 g/mol. The maximum absolute atomic E-state index is 3.72. The van der Waals surface area contributed by atoms with Crippen molar-refractivity contribution in [2.75, 3.05) is 20.6 Å². The normalized spacial score (nSPS) is 8.69. The molecule has 0 rings (SSSR count). The summed E-state index contributed by atoms with van der Waals surface area (Å²) < 4.78 is 2.20. The molecule has 0 radical (unpaired) electrons. The first-order valence-corrected chi connectivity index (χ1v) is 4.27. The van der Waals surface area contributed by atoms with Crippen LogP contribution in [0.4, 0.5) is 0 Å². The average Bonchev–Trinajstić information content (AvgIpc) is 2.05. The maximum atomic E-state index is 3.72. The highest BCUT2D eigenvalue weighted by molar-refractivity contribution is 5.74. The molecule has 0 unspecified atom stereocenters.